The van der Waals surface area contributed by atoms with Crippen molar-refractivity contribution in [1.29, 1.82) is 0 Å². The Morgan fingerprint density at radius 2 is 1.46 bits per heavy atom. The van der Waals surface area contributed by atoms with Gasteiger partial charge in [0.05, 0.1) is 5.41 Å². The molecule has 2 heteroatoms. The molecular formula is C26H20O2. The highest BCUT2D eigenvalue weighted by molar-refractivity contribution is 6.08. The molecule has 0 aliphatic heterocycles. The lowest BCUT2D eigenvalue weighted by molar-refractivity contribution is -0.121. The summed E-state index contributed by atoms with van der Waals surface area (Å²) in [4.78, 5) is 26.7. The summed E-state index contributed by atoms with van der Waals surface area (Å²) in [7, 11) is 0. The van der Waals surface area contributed by atoms with Crippen molar-refractivity contribution in [3.8, 4) is 0 Å². The Kier molecular flexibility index (Phi) is 3.87. The van der Waals surface area contributed by atoms with Crippen molar-refractivity contribution in [2.24, 2.45) is 0 Å². The van der Waals surface area contributed by atoms with Gasteiger partial charge in [0.15, 0.2) is 11.6 Å². The molecule has 28 heavy (non-hydrogen) atoms. The number of Topliss-reactive ketones (excluding diaryl/α,β-unsaturated/α-hetero) is 2. The number of carbonyl (C=O) groups excluding carboxylic acids is 2. The maximum absolute atomic E-state index is 13.5. The number of carbonyl (C=O) groups is 2. The molecule has 3 aromatic carbocycles. The Balaban J connectivity index is 1.65. The molecule has 136 valence electrons. The van der Waals surface area contributed by atoms with Crippen LogP contribution in [-0.4, -0.2) is 11.6 Å². The molecule has 0 spiro atoms. The highest BCUT2D eigenvalue weighted by atomic mass is 16.1. The van der Waals surface area contributed by atoms with Crippen molar-refractivity contribution in [2.45, 2.75) is 24.7 Å². The molecule has 0 N–H and O–H groups in total. The van der Waals surface area contributed by atoms with Gasteiger partial charge in [-0.05, 0) is 34.2 Å². The number of benzene rings is 3. The zero-order chi connectivity index (χ0) is 19.1. The number of fused-ring (bicyclic) bond motifs is 2. The van der Waals surface area contributed by atoms with Crippen LogP contribution < -0.4 is 0 Å². The third kappa shape index (κ3) is 2.49. The van der Waals surface area contributed by atoms with E-state index in [0.29, 0.717) is 12.0 Å². The van der Waals surface area contributed by atoms with Crippen LogP contribution in [0.15, 0.2) is 84.4 Å². The quantitative estimate of drug-likeness (QED) is 0.613. The summed E-state index contributed by atoms with van der Waals surface area (Å²) in [6.07, 6.45) is 3.44. The van der Waals surface area contributed by atoms with E-state index in [2.05, 4.69) is 18.2 Å². The second kappa shape index (κ2) is 6.42. The molecule has 2 aliphatic carbocycles. The molecule has 1 atom stereocenters. The van der Waals surface area contributed by atoms with Crippen molar-refractivity contribution in [2.75, 3.05) is 0 Å². The average molecular weight is 364 g/mol. The van der Waals surface area contributed by atoms with Gasteiger partial charge < -0.3 is 0 Å². The van der Waals surface area contributed by atoms with Gasteiger partial charge in [-0.15, -0.1) is 0 Å². The molecule has 0 bridgehead atoms. The molecule has 0 heterocycles. The minimum Gasteiger partial charge on any atom is -0.298 e. The van der Waals surface area contributed by atoms with Gasteiger partial charge in [-0.3, -0.25) is 9.59 Å². The minimum atomic E-state index is -0.859. The van der Waals surface area contributed by atoms with Crippen LogP contribution in [0.1, 0.15) is 39.0 Å². The zero-order valence-corrected chi connectivity index (χ0v) is 15.5. The normalized spacial score (nSPS) is 19.9. The van der Waals surface area contributed by atoms with Crippen LogP contribution in [-0.2, 0) is 23.1 Å². The highest BCUT2D eigenvalue weighted by Crippen LogP contribution is 2.48. The van der Waals surface area contributed by atoms with E-state index in [0.717, 1.165) is 28.7 Å². The molecule has 0 fully saturated rings. The first-order valence-electron chi connectivity index (χ1n) is 9.67. The summed E-state index contributed by atoms with van der Waals surface area (Å²) in [5, 5.41) is 0. The lowest BCUT2D eigenvalue weighted by Crippen LogP contribution is -2.37. The van der Waals surface area contributed by atoms with Gasteiger partial charge in [-0.1, -0.05) is 84.9 Å². The molecule has 0 saturated heterocycles. The SMILES string of the molecule is O=C(CC1(C2=Cc3ccccc3C2)C(=O)Cc2ccccc21)c1ccccc1. The lowest BCUT2D eigenvalue weighted by atomic mass is 9.69. The van der Waals surface area contributed by atoms with Crippen LogP contribution in [0.25, 0.3) is 6.08 Å². The Morgan fingerprint density at radius 1 is 0.786 bits per heavy atom. The number of hydrogen-bond donors (Lipinski definition) is 0. The van der Waals surface area contributed by atoms with Crippen molar-refractivity contribution in [3.63, 3.8) is 0 Å². The van der Waals surface area contributed by atoms with Crippen LogP contribution >= 0.6 is 0 Å². The molecule has 3 aromatic rings. The molecule has 2 aliphatic rings. The third-order valence-electron chi connectivity index (χ3n) is 6.14. The van der Waals surface area contributed by atoms with Gasteiger partial charge in [0.1, 0.15) is 0 Å². The van der Waals surface area contributed by atoms with E-state index in [4.69, 9.17) is 0 Å². The fourth-order valence-corrected chi connectivity index (χ4v) is 4.75. The summed E-state index contributed by atoms with van der Waals surface area (Å²) >= 11 is 0. The van der Waals surface area contributed by atoms with Crippen LogP contribution in [0.4, 0.5) is 0 Å². The molecule has 0 saturated carbocycles. The predicted molar refractivity (Wildman–Crippen MR) is 110 cm³/mol. The van der Waals surface area contributed by atoms with Crippen LogP contribution in [0, 0.1) is 0 Å². The Morgan fingerprint density at radius 3 is 2.25 bits per heavy atom. The van der Waals surface area contributed by atoms with E-state index in [9.17, 15) is 9.59 Å². The van der Waals surface area contributed by atoms with Gasteiger partial charge in [0.2, 0.25) is 0 Å². The predicted octanol–water partition coefficient (Wildman–Crippen LogP) is 4.96. The van der Waals surface area contributed by atoms with Crippen molar-refractivity contribution >= 4 is 17.6 Å². The fourth-order valence-electron chi connectivity index (χ4n) is 4.75. The van der Waals surface area contributed by atoms with Gasteiger partial charge >= 0.3 is 0 Å². The van der Waals surface area contributed by atoms with Gasteiger partial charge in [0.25, 0.3) is 0 Å². The largest absolute Gasteiger partial charge is 0.298 e. The van der Waals surface area contributed by atoms with E-state index < -0.39 is 5.41 Å². The Labute approximate surface area is 164 Å². The smallest absolute Gasteiger partial charge is 0.164 e. The van der Waals surface area contributed by atoms with Crippen molar-refractivity contribution in [1.82, 2.24) is 0 Å². The molecule has 0 amide bonds. The number of rotatable bonds is 4. The van der Waals surface area contributed by atoms with E-state index in [1.165, 1.54) is 5.56 Å². The molecule has 2 nitrogen and oxygen atoms in total. The monoisotopic (exact) mass is 364 g/mol. The fraction of sp³-hybridized carbons (Fsp3) is 0.154. The second-order valence-electron chi connectivity index (χ2n) is 7.67. The van der Waals surface area contributed by atoms with Crippen molar-refractivity contribution in [3.05, 3.63) is 112 Å². The Bertz CT molecular complexity index is 1120. The highest BCUT2D eigenvalue weighted by Gasteiger charge is 2.50. The van der Waals surface area contributed by atoms with Crippen LogP contribution in [0.5, 0.6) is 0 Å². The number of allylic oxidation sites excluding steroid dienone is 1. The number of ketones is 2. The molecule has 0 radical (unpaired) electrons. The molecule has 1 unspecified atom stereocenters. The molecule has 0 aromatic heterocycles. The lowest BCUT2D eigenvalue weighted by Gasteiger charge is -2.30. The minimum absolute atomic E-state index is 0.0162. The number of hydrogen-bond acceptors (Lipinski definition) is 2. The first-order chi connectivity index (χ1) is 13.7. The van der Waals surface area contributed by atoms with Gasteiger partial charge in [-0.25, -0.2) is 0 Å². The van der Waals surface area contributed by atoms with Crippen molar-refractivity contribution < 1.29 is 9.59 Å². The van der Waals surface area contributed by atoms with E-state index in [-0.39, 0.29) is 18.0 Å². The average Bonchev–Trinajstić information content (AvgIpc) is 3.28. The molecular weight excluding hydrogens is 344 g/mol. The summed E-state index contributed by atoms with van der Waals surface area (Å²) in [5.74, 6) is 0.152. The van der Waals surface area contributed by atoms with Crippen LogP contribution in [0.3, 0.4) is 0 Å². The zero-order valence-electron chi connectivity index (χ0n) is 15.5. The second-order valence-corrected chi connectivity index (χ2v) is 7.67. The first-order valence-corrected chi connectivity index (χ1v) is 9.67. The summed E-state index contributed by atoms with van der Waals surface area (Å²) in [6.45, 7) is 0. The van der Waals surface area contributed by atoms with Gasteiger partial charge in [0, 0.05) is 18.4 Å². The summed E-state index contributed by atoms with van der Waals surface area (Å²) in [6, 6.07) is 25.5. The van der Waals surface area contributed by atoms with E-state index in [1.807, 2.05) is 66.7 Å². The topological polar surface area (TPSA) is 34.1 Å². The summed E-state index contributed by atoms with van der Waals surface area (Å²) in [5.41, 5.74) is 5.28. The third-order valence-corrected chi connectivity index (χ3v) is 6.14. The first kappa shape index (κ1) is 16.9. The maximum Gasteiger partial charge on any atom is 0.164 e. The van der Waals surface area contributed by atoms with E-state index >= 15 is 0 Å². The standard InChI is InChI=1S/C26H20O2/c27-24(18-8-2-1-3-9-18)17-26(22-14-19-10-4-5-11-20(19)15-22)23-13-7-6-12-21(23)16-25(26)28/h1-14H,15-17H2. The van der Waals surface area contributed by atoms with Crippen LogP contribution in [0.2, 0.25) is 0 Å². The molecule has 5 rings (SSSR count). The van der Waals surface area contributed by atoms with E-state index in [1.54, 1.807) is 0 Å². The summed E-state index contributed by atoms with van der Waals surface area (Å²) < 4.78 is 0. The Hall–Kier alpha value is -3.26. The van der Waals surface area contributed by atoms with Gasteiger partial charge in [-0.2, -0.15) is 0 Å². The maximum atomic E-state index is 13.5.